The van der Waals surface area contributed by atoms with Crippen molar-refractivity contribution in [3.63, 3.8) is 0 Å². The Balaban J connectivity index is 0.00000116. The molecule has 0 amide bonds. The number of aliphatic carboxylic acids is 1. The highest BCUT2D eigenvalue weighted by molar-refractivity contribution is 6.11. The molecule has 0 saturated carbocycles. The van der Waals surface area contributed by atoms with Gasteiger partial charge in [0.1, 0.15) is 5.41 Å². The van der Waals surface area contributed by atoms with Gasteiger partial charge in [-0.25, -0.2) is 0 Å². The molecule has 0 aliphatic rings. The van der Waals surface area contributed by atoms with Crippen LogP contribution in [0.15, 0.2) is 54.6 Å². The van der Waals surface area contributed by atoms with E-state index in [-0.39, 0.29) is 5.78 Å². The fraction of sp³-hybridized carbons (Fsp3) is 0.263. The van der Waals surface area contributed by atoms with Crippen LogP contribution in [0.4, 0.5) is 0 Å². The van der Waals surface area contributed by atoms with Gasteiger partial charge in [-0.05, 0) is 25.0 Å². The lowest BCUT2D eigenvalue weighted by atomic mass is 9.84. The van der Waals surface area contributed by atoms with Gasteiger partial charge in [0, 0.05) is 5.56 Å². The molecule has 0 aromatic heterocycles. The third-order valence-electron chi connectivity index (χ3n) is 3.36. The topological polar surface area (TPSA) is 54.4 Å². The molecule has 0 spiro atoms. The maximum atomic E-state index is 12.2. The first-order valence-corrected chi connectivity index (χ1v) is 7.36. The fourth-order valence-corrected chi connectivity index (χ4v) is 1.90. The van der Waals surface area contributed by atoms with Crippen LogP contribution >= 0.6 is 0 Å². The van der Waals surface area contributed by atoms with E-state index >= 15 is 0 Å². The number of carbonyl (C=O) groups excluding carboxylic acids is 1. The van der Waals surface area contributed by atoms with Gasteiger partial charge in [0.2, 0.25) is 0 Å². The third-order valence-corrected chi connectivity index (χ3v) is 3.36. The monoisotopic (exact) mass is 298 g/mol. The molecule has 0 fully saturated rings. The number of Topliss-reactive ketones (excluding diaryl/α,β-unsaturated/α-hetero) is 1. The summed E-state index contributed by atoms with van der Waals surface area (Å²) in [6, 6.07) is 16.8. The normalized spacial score (nSPS) is 10.4. The summed E-state index contributed by atoms with van der Waals surface area (Å²) in [6.07, 6.45) is 0. The lowest BCUT2D eigenvalue weighted by Gasteiger charge is -2.17. The Labute approximate surface area is 131 Å². The second-order valence-electron chi connectivity index (χ2n) is 5.20. The third kappa shape index (κ3) is 3.82. The molecule has 22 heavy (non-hydrogen) atoms. The Bertz CT molecular complexity index is 625. The van der Waals surface area contributed by atoms with Gasteiger partial charge in [-0.2, -0.15) is 0 Å². The van der Waals surface area contributed by atoms with Gasteiger partial charge >= 0.3 is 5.97 Å². The summed E-state index contributed by atoms with van der Waals surface area (Å²) in [5, 5.41) is 9.08. The van der Waals surface area contributed by atoms with Crippen molar-refractivity contribution < 1.29 is 14.7 Å². The van der Waals surface area contributed by atoms with E-state index in [0.717, 1.165) is 11.1 Å². The van der Waals surface area contributed by atoms with Crippen molar-refractivity contribution in [1.29, 1.82) is 0 Å². The fourth-order valence-electron chi connectivity index (χ4n) is 1.90. The molecular formula is C19H22O3. The molecule has 0 saturated heterocycles. The Morgan fingerprint density at radius 1 is 0.818 bits per heavy atom. The average Bonchev–Trinajstić information content (AvgIpc) is 2.57. The zero-order valence-electron chi connectivity index (χ0n) is 13.5. The van der Waals surface area contributed by atoms with Gasteiger partial charge in [-0.3, -0.25) is 9.59 Å². The van der Waals surface area contributed by atoms with Crippen LogP contribution in [0, 0.1) is 5.41 Å². The zero-order chi connectivity index (χ0) is 16.8. The Morgan fingerprint density at radius 3 is 1.73 bits per heavy atom. The van der Waals surface area contributed by atoms with E-state index in [2.05, 4.69) is 0 Å². The first-order valence-electron chi connectivity index (χ1n) is 7.36. The molecule has 3 heteroatoms. The van der Waals surface area contributed by atoms with E-state index in [0.29, 0.717) is 5.56 Å². The summed E-state index contributed by atoms with van der Waals surface area (Å²) < 4.78 is 0. The van der Waals surface area contributed by atoms with Gasteiger partial charge in [-0.1, -0.05) is 68.4 Å². The standard InChI is InChI=1S/C17H16O3.C2H6/c1-17(2,16(19)20)15(18)14-10-8-13(9-11-14)12-6-4-3-5-7-12;1-2/h3-11H,1-2H3,(H,19,20);1-2H3. The Morgan fingerprint density at radius 2 is 1.27 bits per heavy atom. The Kier molecular flexibility index (Phi) is 6.05. The van der Waals surface area contributed by atoms with Crippen LogP contribution in [0.25, 0.3) is 11.1 Å². The average molecular weight is 298 g/mol. The number of hydrogen-bond donors (Lipinski definition) is 1. The molecule has 2 aromatic carbocycles. The predicted molar refractivity (Wildman–Crippen MR) is 89.0 cm³/mol. The summed E-state index contributed by atoms with van der Waals surface area (Å²) in [5.74, 6) is -1.50. The summed E-state index contributed by atoms with van der Waals surface area (Å²) in [6.45, 7) is 6.84. The van der Waals surface area contributed by atoms with E-state index in [1.807, 2.05) is 56.3 Å². The number of rotatable bonds is 4. The molecule has 1 N–H and O–H groups in total. The molecule has 3 nitrogen and oxygen atoms in total. The number of ketones is 1. The molecule has 0 heterocycles. The SMILES string of the molecule is CC.CC(C)(C(=O)O)C(=O)c1ccc(-c2ccccc2)cc1. The van der Waals surface area contributed by atoms with Crippen LogP contribution in [0.3, 0.4) is 0 Å². The van der Waals surface area contributed by atoms with Crippen LogP contribution in [0.1, 0.15) is 38.1 Å². The molecule has 0 atom stereocenters. The van der Waals surface area contributed by atoms with Crippen molar-refractivity contribution in [2.75, 3.05) is 0 Å². The molecular weight excluding hydrogens is 276 g/mol. The summed E-state index contributed by atoms with van der Waals surface area (Å²) >= 11 is 0. The second-order valence-corrected chi connectivity index (χ2v) is 5.20. The lowest BCUT2D eigenvalue weighted by Crippen LogP contribution is -2.33. The first kappa shape index (κ1) is 17.6. The minimum absolute atomic E-state index is 0.385. The summed E-state index contributed by atoms with van der Waals surface area (Å²) in [7, 11) is 0. The smallest absolute Gasteiger partial charge is 0.316 e. The highest BCUT2D eigenvalue weighted by Gasteiger charge is 2.36. The van der Waals surface area contributed by atoms with Crippen molar-refractivity contribution in [3.8, 4) is 11.1 Å². The van der Waals surface area contributed by atoms with Crippen molar-refractivity contribution in [2.24, 2.45) is 5.41 Å². The van der Waals surface area contributed by atoms with Crippen LogP contribution in [0.5, 0.6) is 0 Å². The van der Waals surface area contributed by atoms with Crippen LogP contribution < -0.4 is 0 Å². The van der Waals surface area contributed by atoms with Crippen molar-refractivity contribution in [2.45, 2.75) is 27.7 Å². The summed E-state index contributed by atoms with van der Waals surface area (Å²) in [4.78, 5) is 23.3. The van der Waals surface area contributed by atoms with Crippen LogP contribution in [-0.4, -0.2) is 16.9 Å². The zero-order valence-corrected chi connectivity index (χ0v) is 13.5. The van der Waals surface area contributed by atoms with Gasteiger partial charge in [0.05, 0.1) is 0 Å². The maximum absolute atomic E-state index is 12.2. The predicted octanol–water partition coefficient (Wildman–Crippen LogP) is 4.67. The highest BCUT2D eigenvalue weighted by Crippen LogP contribution is 2.25. The molecule has 0 radical (unpaired) electrons. The largest absolute Gasteiger partial charge is 0.481 e. The number of carboxylic acid groups (broad SMARTS) is 1. The van der Waals surface area contributed by atoms with Gasteiger partial charge in [0.15, 0.2) is 5.78 Å². The van der Waals surface area contributed by atoms with Crippen molar-refractivity contribution >= 4 is 11.8 Å². The molecule has 0 unspecified atom stereocenters. The molecule has 0 bridgehead atoms. The van der Waals surface area contributed by atoms with Gasteiger partial charge in [0.25, 0.3) is 0 Å². The molecule has 0 aliphatic heterocycles. The van der Waals surface area contributed by atoms with E-state index in [1.165, 1.54) is 13.8 Å². The number of carboxylic acids is 1. The minimum Gasteiger partial charge on any atom is -0.481 e. The molecule has 2 aromatic rings. The molecule has 2 rings (SSSR count). The lowest BCUT2D eigenvalue weighted by molar-refractivity contribution is -0.144. The van der Waals surface area contributed by atoms with Gasteiger partial charge < -0.3 is 5.11 Å². The molecule has 0 aliphatic carbocycles. The van der Waals surface area contributed by atoms with Crippen LogP contribution in [-0.2, 0) is 4.79 Å². The highest BCUT2D eigenvalue weighted by atomic mass is 16.4. The van der Waals surface area contributed by atoms with E-state index in [9.17, 15) is 9.59 Å². The number of benzene rings is 2. The number of hydrogen-bond acceptors (Lipinski definition) is 2. The second kappa shape index (κ2) is 7.55. The van der Waals surface area contributed by atoms with Crippen molar-refractivity contribution in [3.05, 3.63) is 60.2 Å². The van der Waals surface area contributed by atoms with Gasteiger partial charge in [-0.15, -0.1) is 0 Å². The quantitative estimate of drug-likeness (QED) is 0.659. The minimum atomic E-state index is -1.41. The summed E-state index contributed by atoms with van der Waals surface area (Å²) in [5.41, 5.74) is 1.06. The van der Waals surface area contributed by atoms with Crippen LogP contribution in [0.2, 0.25) is 0 Å². The molecule has 116 valence electrons. The maximum Gasteiger partial charge on any atom is 0.316 e. The number of carbonyl (C=O) groups is 2. The van der Waals surface area contributed by atoms with E-state index < -0.39 is 11.4 Å². The van der Waals surface area contributed by atoms with Crippen molar-refractivity contribution in [1.82, 2.24) is 0 Å². The van der Waals surface area contributed by atoms with E-state index in [4.69, 9.17) is 5.11 Å². The first-order chi connectivity index (χ1) is 10.4. The van der Waals surface area contributed by atoms with E-state index in [1.54, 1.807) is 12.1 Å². The Hall–Kier alpha value is -2.42.